The van der Waals surface area contributed by atoms with Crippen molar-refractivity contribution in [2.45, 2.75) is 45.8 Å². The molecule has 174 valence electrons. The zero-order valence-corrected chi connectivity index (χ0v) is 21.0. The first-order valence-electron chi connectivity index (χ1n) is 10.9. The minimum Gasteiger partial charge on any atom is -0.444 e. The molecule has 6 nitrogen and oxygen atoms in total. The van der Waals surface area contributed by atoms with Crippen LogP contribution in [0.3, 0.4) is 0 Å². The molecule has 7 heteroatoms. The van der Waals surface area contributed by atoms with Gasteiger partial charge in [0, 0.05) is 24.1 Å². The average molecular weight is 504 g/mol. The predicted octanol–water partition coefficient (Wildman–Crippen LogP) is 4.77. The lowest BCUT2D eigenvalue weighted by Crippen LogP contribution is -2.33. The molecule has 0 unspecified atom stereocenters. The highest BCUT2D eigenvalue weighted by molar-refractivity contribution is 9.10. The zero-order chi connectivity index (χ0) is 23.6. The topological polar surface area (TPSA) is 70.7 Å². The minimum absolute atomic E-state index is 0.0628. The van der Waals surface area contributed by atoms with Gasteiger partial charge in [-0.15, -0.1) is 0 Å². The molecule has 32 heavy (non-hydrogen) atoms. The fourth-order valence-corrected chi connectivity index (χ4v) is 3.54. The molecule has 0 aliphatic carbocycles. The Kier molecular flexibility index (Phi) is 10.2. The number of nitrogens with one attached hydrogen (secondary N) is 2. The smallest absolute Gasteiger partial charge is 0.407 e. The largest absolute Gasteiger partial charge is 0.444 e. The fraction of sp³-hybridized carbons (Fsp3) is 0.440. The molecule has 0 radical (unpaired) electrons. The SMILES string of the molecule is CN(CCCc1ccc(CNC(=O)OC(C)(C)C)cc1)CCNC(=O)c1ccccc1Br. The van der Waals surface area contributed by atoms with Crippen molar-refractivity contribution in [3.05, 3.63) is 69.7 Å². The quantitative estimate of drug-likeness (QED) is 0.489. The highest BCUT2D eigenvalue weighted by Crippen LogP contribution is 2.15. The predicted molar refractivity (Wildman–Crippen MR) is 132 cm³/mol. The number of alkyl carbamates (subject to hydrolysis) is 1. The number of carbonyl (C=O) groups excluding carboxylic acids is 2. The zero-order valence-electron chi connectivity index (χ0n) is 19.4. The molecule has 0 fully saturated rings. The number of hydrogen-bond donors (Lipinski definition) is 2. The number of aryl methyl sites for hydroxylation is 1. The van der Waals surface area contributed by atoms with E-state index >= 15 is 0 Å². The van der Waals surface area contributed by atoms with Crippen molar-refractivity contribution in [1.29, 1.82) is 0 Å². The highest BCUT2D eigenvalue weighted by atomic mass is 79.9. The van der Waals surface area contributed by atoms with Crippen LogP contribution in [0.1, 0.15) is 48.7 Å². The third kappa shape index (κ3) is 9.83. The molecule has 2 N–H and O–H groups in total. The summed E-state index contributed by atoms with van der Waals surface area (Å²) in [7, 11) is 2.07. The van der Waals surface area contributed by atoms with Gasteiger partial charge in [0.05, 0.1) is 5.56 Å². The summed E-state index contributed by atoms with van der Waals surface area (Å²) in [5.41, 5.74) is 2.46. The van der Waals surface area contributed by atoms with Crippen LogP contribution in [0.4, 0.5) is 4.79 Å². The van der Waals surface area contributed by atoms with Crippen molar-refractivity contribution in [2.75, 3.05) is 26.7 Å². The number of nitrogens with zero attached hydrogens (tertiary/aromatic N) is 1. The Labute approximate surface area is 199 Å². The Balaban J connectivity index is 1.63. The molecule has 2 rings (SSSR count). The normalized spacial score (nSPS) is 11.3. The number of amides is 2. The number of hydrogen-bond acceptors (Lipinski definition) is 4. The molecule has 0 aromatic heterocycles. The van der Waals surface area contributed by atoms with Crippen LogP contribution in [0.2, 0.25) is 0 Å². The van der Waals surface area contributed by atoms with Gasteiger partial charge in [-0.3, -0.25) is 4.79 Å². The van der Waals surface area contributed by atoms with E-state index in [0.717, 1.165) is 36.0 Å². The first-order chi connectivity index (χ1) is 15.1. The van der Waals surface area contributed by atoms with E-state index in [1.165, 1.54) is 5.56 Å². The summed E-state index contributed by atoms with van der Waals surface area (Å²) in [4.78, 5) is 26.2. The maximum Gasteiger partial charge on any atom is 0.407 e. The molecule has 2 amide bonds. The van der Waals surface area contributed by atoms with E-state index in [9.17, 15) is 9.59 Å². The first kappa shape index (κ1) is 25.9. The highest BCUT2D eigenvalue weighted by Gasteiger charge is 2.15. The van der Waals surface area contributed by atoms with Crippen molar-refractivity contribution in [3.8, 4) is 0 Å². The van der Waals surface area contributed by atoms with Crippen molar-refractivity contribution < 1.29 is 14.3 Å². The standard InChI is InChI=1S/C25H34BrN3O3/c1-25(2,3)32-24(31)28-18-20-13-11-19(12-14-20)8-7-16-29(4)17-15-27-23(30)21-9-5-6-10-22(21)26/h5-6,9-14H,7-8,15-18H2,1-4H3,(H,27,30)(H,28,31). The maximum atomic E-state index is 12.2. The second-order valence-electron chi connectivity index (χ2n) is 8.81. The van der Waals surface area contributed by atoms with Crippen LogP contribution in [-0.2, 0) is 17.7 Å². The lowest BCUT2D eigenvalue weighted by Gasteiger charge is -2.19. The van der Waals surface area contributed by atoms with Crippen LogP contribution in [-0.4, -0.2) is 49.2 Å². The summed E-state index contributed by atoms with van der Waals surface area (Å²) in [5.74, 6) is -0.0628. The summed E-state index contributed by atoms with van der Waals surface area (Å²) in [6.45, 7) is 8.34. The summed E-state index contributed by atoms with van der Waals surface area (Å²) < 4.78 is 6.05. The van der Waals surface area contributed by atoms with Crippen molar-refractivity contribution in [2.24, 2.45) is 0 Å². The van der Waals surface area contributed by atoms with Gasteiger partial charge in [0.1, 0.15) is 5.60 Å². The first-order valence-corrected chi connectivity index (χ1v) is 11.7. The van der Waals surface area contributed by atoms with Gasteiger partial charge in [0.25, 0.3) is 5.91 Å². The number of carbonyl (C=O) groups is 2. The van der Waals surface area contributed by atoms with Gasteiger partial charge < -0.3 is 20.3 Å². The number of ether oxygens (including phenoxy) is 1. The van der Waals surface area contributed by atoms with Gasteiger partial charge in [-0.05, 0) is 86.4 Å². The lowest BCUT2D eigenvalue weighted by atomic mass is 10.1. The van der Waals surface area contributed by atoms with E-state index in [2.05, 4.69) is 50.6 Å². The maximum absolute atomic E-state index is 12.2. The Morgan fingerprint density at radius 2 is 1.62 bits per heavy atom. The lowest BCUT2D eigenvalue weighted by molar-refractivity contribution is 0.0523. The molecule has 0 atom stereocenters. The Morgan fingerprint density at radius 3 is 2.28 bits per heavy atom. The molecule has 0 saturated heterocycles. The van der Waals surface area contributed by atoms with E-state index in [4.69, 9.17) is 4.74 Å². The third-order valence-electron chi connectivity index (χ3n) is 4.76. The molecule has 0 bridgehead atoms. The molecular weight excluding hydrogens is 470 g/mol. The van der Waals surface area contributed by atoms with Crippen LogP contribution in [0, 0.1) is 0 Å². The molecule has 2 aromatic carbocycles. The van der Waals surface area contributed by atoms with E-state index in [1.54, 1.807) is 0 Å². The second-order valence-corrected chi connectivity index (χ2v) is 9.67. The van der Waals surface area contributed by atoms with Gasteiger partial charge >= 0.3 is 6.09 Å². The van der Waals surface area contributed by atoms with E-state index in [0.29, 0.717) is 18.7 Å². The monoisotopic (exact) mass is 503 g/mol. The van der Waals surface area contributed by atoms with Crippen LogP contribution < -0.4 is 10.6 Å². The summed E-state index contributed by atoms with van der Waals surface area (Å²) in [6.07, 6.45) is 1.61. The Hall–Kier alpha value is -2.38. The minimum atomic E-state index is -0.494. The summed E-state index contributed by atoms with van der Waals surface area (Å²) >= 11 is 3.41. The van der Waals surface area contributed by atoms with Crippen LogP contribution >= 0.6 is 15.9 Å². The van der Waals surface area contributed by atoms with Gasteiger partial charge in [-0.2, -0.15) is 0 Å². The molecule has 0 spiro atoms. The third-order valence-corrected chi connectivity index (χ3v) is 5.45. The van der Waals surface area contributed by atoms with Gasteiger partial charge in [0.15, 0.2) is 0 Å². The number of rotatable bonds is 10. The Bertz CT molecular complexity index is 879. The molecule has 0 saturated carbocycles. The van der Waals surface area contributed by atoms with Gasteiger partial charge in [-0.25, -0.2) is 4.79 Å². The molecule has 0 aliphatic rings. The van der Waals surface area contributed by atoms with E-state index in [1.807, 2.05) is 57.2 Å². The second kappa shape index (κ2) is 12.6. The van der Waals surface area contributed by atoms with Gasteiger partial charge in [0.2, 0.25) is 0 Å². The molecule has 0 heterocycles. The van der Waals surface area contributed by atoms with Crippen LogP contribution in [0.5, 0.6) is 0 Å². The fourth-order valence-electron chi connectivity index (χ4n) is 3.08. The van der Waals surface area contributed by atoms with Crippen molar-refractivity contribution >= 4 is 27.9 Å². The molecular formula is C25H34BrN3O3. The van der Waals surface area contributed by atoms with Gasteiger partial charge in [-0.1, -0.05) is 36.4 Å². The summed E-state index contributed by atoms with van der Waals surface area (Å²) in [6, 6.07) is 15.7. The number of halogens is 1. The van der Waals surface area contributed by atoms with E-state index < -0.39 is 11.7 Å². The van der Waals surface area contributed by atoms with E-state index in [-0.39, 0.29) is 5.91 Å². The number of likely N-dealkylation sites (N-methyl/N-ethyl adjacent to an activating group) is 1. The van der Waals surface area contributed by atoms with Crippen LogP contribution in [0.15, 0.2) is 53.0 Å². The Morgan fingerprint density at radius 1 is 0.969 bits per heavy atom. The summed E-state index contributed by atoms with van der Waals surface area (Å²) in [5, 5.41) is 5.74. The van der Waals surface area contributed by atoms with Crippen LogP contribution in [0.25, 0.3) is 0 Å². The molecule has 0 aliphatic heterocycles. The van der Waals surface area contributed by atoms with Crippen molar-refractivity contribution in [1.82, 2.24) is 15.5 Å². The molecule has 2 aromatic rings. The number of benzene rings is 2. The van der Waals surface area contributed by atoms with Crippen molar-refractivity contribution in [3.63, 3.8) is 0 Å². The average Bonchev–Trinajstić information content (AvgIpc) is 2.72.